The van der Waals surface area contributed by atoms with Gasteiger partial charge in [0.25, 0.3) is 0 Å². The zero-order valence-corrected chi connectivity index (χ0v) is 17.4. The molecule has 1 amide bonds. The summed E-state index contributed by atoms with van der Waals surface area (Å²) >= 11 is 1.55. The lowest BCUT2D eigenvalue weighted by Gasteiger charge is -2.28. The van der Waals surface area contributed by atoms with E-state index in [9.17, 15) is 18.0 Å². The standard InChI is InChI=1S/C19H18F3N5OS.ClH/c20-14-8-16(22)15(21)6-12(14)5-13(23)7-18(28)26-2-3-27-17(9-26)19(24-25-27)11-1-4-29-10-11;/h1,4,6,8,10,13H,2-3,5,7,9,23H2;1H/t13-;/m1./s1. The largest absolute Gasteiger partial charge is 0.335 e. The minimum absolute atomic E-state index is 0. The summed E-state index contributed by atoms with van der Waals surface area (Å²) in [6.45, 7) is 1.33. The Balaban J connectivity index is 0.00000256. The van der Waals surface area contributed by atoms with E-state index >= 15 is 0 Å². The fourth-order valence-electron chi connectivity index (χ4n) is 3.41. The molecule has 30 heavy (non-hydrogen) atoms. The highest BCUT2D eigenvalue weighted by molar-refractivity contribution is 7.08. The van der Waals surface area contributed by atoms with E-state index in [0.717, 1.165) is 23.0 Å². The molecule has 11 heteroatoms. The summed E-state index contributed by atoms with van der Waals surface area (Å²) in [7, 11) is 0. The minimum atomic E-state index is -1.25. The molecule has 0 saturated carbocycles. The summed E-state index contributed by atoms with van der Waals surface area (Å²) in [5, 5.41) is 12.3. The molecule has 0 radical (unpaired) electrons. The summed E-state index contributed by atoms with van der Waals surface area (Å²) in [5.41, 5.74) is 8.49. The smallest absolute Gasteiger partial charge is 0.224 e. The molecule has 6 nitrogen and oxygen atoms in total. The molecule has 3 heterocycles. The molecule has 2 aromatic heterocycles. The zero-order valence-electron chi connectivity index (χ0n) is 15.7. The summed E-state index contributed by atoms with van der Waals surface area (Å²) in [4.78, 5) is 14.4. The number of rotatable bonds is 5. The quantitative estimate of drug-likeness (QED) is 0.597. The maximum Gasteiger partial charge on any atom is 0.224 e. The Kier molecular flexibility index (Phi) is 6.79. The Hall–Kier alpha value is -2.43. The topological polar surface area (TPSA) is 77.0 Å². The van der Waals surface area contributed by atoms with Crippen LogP contribution in [0.1, 0.15) is 17.7 Å². The minimum Gasteiger partial charge on any atom is -0.335 e. The van der Waals surface area contributed by atoms with E-state index < -0.39 is 23.5 Å². The first kappa shape index (κ1) is 22.3. The second-order valence-electron chi connectivity index (χ2n) is 6.96. The third kappa shape index (κ3) is 4.50. The van der Waals surface area contributed by atoms with Gasteiger partial charge in [0.1, 0.15) is 11.5 Å². The lowest BCUT2D eigenvalue weighted by Crippen LogP contribution is -2.41. The van der Waals surface area contributed by atoms with E-state index in [4.69, 9.17) is 5.73 Å². The van der Waals surface area contributed by atoms with E-state index in [1.54, 1.807) is 20.9 Å². The van der Waals surface area contributed by atoms with Crippen molar-refractivity contribution in [3.8, 4) is 11.3 Å². The summed E-state index contributed by atoms with van der Waals surface area (Å²) < 4.78 is 42.0. The molecular formula is C19H19ClF3N5OS. The maximum atomic E-state index is 13.8. The van der Waals surface area contributed by atoms with E-state index in [1.807, 2.05) is 16.8 Å². The highest BCUT2D eigenvalue weighted by atomic mass is 35.5. The van der Waals surface area contributed by atoms with Crippen molar-refractivity contribution in [1.82, 2.24) is 19.9 Å². The van der Waals surface area contributed by atoms with Crippen molar-refractivity contribution in [3.05, 3.63) is 57.7 Å². The molecule has 2 N–H and O–H groups in total. The van der Waals surface area contributed by atoms with Crippen molar-refractivity contribution < 1.29 is 18.0 Å². The monoisotopic (exact) mass is 457 g/mol. The molecule has 0 bridgehead atoms. The SMILES string of the molecule is Cl.N[C@@H](CC(=O)N1CCn2nnc(-c3ccsc3)c2C1)Cc1cc(F)c(F)cc1F. The molecule has 3 aromatic rings. The van der Waals surface area contributed by atoms with E-state index in [1.165, 1.54) is 0 Å². The van der Waals surface area contributed by atoms with Gasteiger partial charge in [0.15, 0.2) is 11.6 Å². The fraction of sp³-hybridized carbons (Fsp3) is 0.316. The van der Waals surface area contributed by atoms with E-state index in [0.29, 0.717) is 25.7 Å². The van der Waals surface area contributed by atoms with Gasteiger partial charge < -0.3 is 10.6 Å². The van der Waals surface area contributed by atoms with Gasteiger partial charge in [-0.3, -0.25) is 4.79 Å². The number of fused-ring (bicyclic) bond motifs is 1. The van der Waals surface area contributed by atoms with E-state index in [-0.39, 0.29) is 36.7 Å². The van der Waals surface area contributed by atoms with Gasteiger partial charge in [-0.05, 0) is 29.5 Å². The average molecular weight is 458 g/mol. The van der Waals surface area contributed by atoms with E-state index in [2.05, 4.69) is 10.3 Å². The van der Waals surface area contributed by atoms with Crippen LogP contribution in [0, 0.1) is 17.5 Å². The predicted octanol–water partition coefficient (Wildman–Crippen LogP) is 3.15. The summed E-state index contributed by atoms with van der Waals surface area (Å²) in [5.74, 6) is -3.46. The number of halogens is 4. The second-order valence-corrected chi connectivity index (χ2v) is 7.74. The van der Waals surface area contributed by atoms with Gasteiger partial charge in [-0.15, -0.1) is 17.5 Å². The first-order chi connectivity index (χ1) is 13.9. The Morgan fingerprint density at radius 2 is 1.97 bits per heavy atom. The van der Waals surface area contributed by atoms with Crippen LogP contribution in [0.25, 0.3) is 11.3 Å². The number of thiophene rings is 1. The average Bonchev–Trinajstić information content (AvgIpc) is 3.34. The molecule has 1 aliphatic heterocycles. The van der Waals surface area contributed by atoms with Crippen molar-refractivity contribution in [3.63, 3.8) is 0 Å². The first-order valence-electron chi connectivity index (χ1n) is 9.04. The molecule has 4 rings (SSSR count). The summed E-state index contributed by atoms with van der Waals surface area (Å²) in [6, 6.07) is 2.50. The number of hydrogen-bond donors (Lipinski definition) is 1. The Morgan fingerprint density at radius 1 is 1.20 bits per heavy atom. The van der Waals surface area contributed by atoms with Crippen LogP contribution in [0.2, 0.25) is 0 Å². The fourth-order valence-corrected chi connectivity index (χ4v) is 4.05. The van der Waals surface area contributed by atoms with Crippen molar-refractivity contribution in [1.29, 1.82) is 0 Å². The molecule has 0 spiro atoms. The van der Waals surface area contributed by atoms with Crippen molar-refractivity contribution in [2.75, 3.05) is 6.54 Å². The molecule has 0 saturated heterocycles. The molecule has 1 aliphatic rings. The van der Waals surface area contributed by atoms with Crippen LogP contribution < -0.4 is 5.73 Å². The number of carbonyl (C=O) groups is 1. The van der Waals surface area contributed by atoms with Crippen molar-refractivity contribution in [2.45, 2.75) is 32.0 Å². The van der Waals surface area contributed by atoms with Crippen LogP contribution in [0.15, 0.2) is 29.0 Å². The highest BCUT2D eigenvalue weighted by Gasteiger charge is 2.27. The molecular weight excluding hydrogens is 439 g/mol. The number of nitrogens with two attached hydrogens (primary N) is 1. The molecule has 1 atom stereocenters. The maximum absolute atomic E-state index is 13.8. The van der Waals surface area contributed by atoms with Gasteiger partial charge in [0.05, 0.1) is 18.8 Å². The number of benzene rings is 1. The molecule has 1 aromatic carbocycles. The van der Waals surface area contributed by atoms with Gasteiger partial charge in [-0.25, -0.2) is 17.9 Å². The first-order valence-corrected chi connectivity index (χ1v) is 9.98. The number of hydrogen-bond acceptors (Lipinski definition) is 5. The van der Waals surface area contributed by atoms with Gasteiger partial charge >= 0.3 is 0 Å². The van der Waals surface area contributed by atoms with Crippen molar-refractivity contribution in [2.24, 2.45) is 5.73 Å². The molecule has 0 fully saturated rings. The highest BCUT2D eigenvalue weighted by Crippen LogP contribution is 2.26. The summed E-state index contributed by atoms with van der Waals surface area (Å²) in [6.07, 6.45) is -0.101. The predicted molar refractivity (Wildman–Crippen MR) is 109 cm³/mol. The number of aromatic nitrogens is 3. The van der Waals surface area contributed by atoms with Crippen LogP contribution in [0.3, 0.4) is 0 Å². The third-order valence-electron chi connectivity index (χ3n) is 4.92. The van der Waals surface area contributed by atoms with Crippen LogP contribution in [0.5, 0.6) is 0 Å². The number of nitrogens with zero attached hydrogens (tertiary/aromatic N) is 4. The van der Waals surface area contributed by atoms with Gasteiger partial charge in [-0.1, -0.05) is 5.21 Å². The van der Waals surface area contributed by atoms with Gasteiger partial charge in [0, 0.05) is 36.0 Å². The third-order valence-corrected chi connectivity index (χ3v) is 5.60. The van der Waals surface area contributed by atoms with Gasteiger partial charge in [0.2, 0.25) is 5.91 Å². The van der Waals surface area contributed by atoms with Crippen molar-refractivity contribution >= 4 is 29.7 Å². The molecule has 0 aliphatic carbocycles. The lowest BCUT2D eigenvalue weighted by atomic mass is 10.0. The van der Waals surface area contributed by atoms with Crippen LogP contribution >= 0.6 is 23.7 Å². The Bertz CT molecular complexity index is 1040. The molecule has 0 unspecified atom stereocenters. The normalized spacial score (nSPS) is 14.2. The van der Waals surface area contributed by atoms with Crippen LogP contribution in [-0.2, 0) is 24.3 Å². The Labute approximate surface area is 180 Å². The number of carbonyl (C=O) groups excluding carboxylic acids is 1. The van der Waals surface area contributed by atoms with Crippen LogP contribution in [0.4, 0.5) is 13.2 Å². The number of amides is 1. The second kappa shape index (κ2) is 9.15. The molecule has 160 valence electrons. The lowest BCUT2D eigenvalue weighted by molar-refractivity contribution is -0.133. The van der Waals surface area contributed by atoms with Crippen LogP contribution in [-0.4, -0.2) is 38.4 Å². The van der Waals surface area contributed by atoms with Gasteiger partial charge in [-0.2, -0.15) is 11.3 Å². The Morgan fingerprint density at radius 3 is 2.70 bits per heavy atom. The zero-order chi connectivity index (χ0) is 20.5.